The molecular weight excluding hydrogens is 150 g/mol. The summed E-state index contributed by atoms with van der Waals surface area (Å²) in [7, 11) is 0. The van der Waals surface area contributed by atoms with Gasteiger partial charge in [-0.2, -0.15) is 5.41 Å². The van der Waals surface area contributed by atoms with Crippen LogP contribution in [0.1, 0.15) is 18.9 Å². The van der Waals surface area contributed by atoms with Crippen molar-refractivity contribution in [2.24, 2.45) is 0 Å². The molecule has 0 heterocycles. The Bertz CT molecular complexity index is 241. The predicted octanol–water partition coefficient (Wildman–Crippen LogP) is 1.69. The van der Waals surface area contributed by atoms with Crippen molar-refractivity contribution in [1.29, 1.82) is 0 Å². The Hall–Kier alpha value is -1.31. The molecule has 0 amide bonds. The lowest BCUT2D eigenvalue weighted by atomic mass is 10.2. The molecule has 1 aromatic rings. The van der Waals surface area contributed by atoms with Crippen LogP contribution in [-0.4, -0.2) is 12.8 Å². The first kappa shape index (κ1) is 8.78. The van der Waals surface area contributed by atoms with E-state index in [1.807, 2.05) is 24.3 Å². The molecule has 0 unspecified atom stereocenters. The molecule has 0 saturated heterocycles. The van der Waals surface area contributed by atoms with Crippen molar-refractivity contribution < 1.29 is 4.74 Å². The number of hydrogen-bond donors (Lipinski definition) is 0. The van der Waals surface area contributed by atoms with Gasteiger partial charge in [0.05, 0.1) is 12.8 Å². The van der Waals surface area contributed by atoms with Crippen molar-refractivity contribution in [3.8, 4) is 5.75 Å². The van der Waals surface area contributed by atoms with E-state index < -0.39 is 0 Å². The van der Waals surface area contributed by atoms with Gasteiger partial charge in [0.1, 0.15) is 5.75 Å². The Kier molecular flexibility index (Phi) is 3.33. The average Bonchev–Trinajstić information content (AvgIpc) is 2.15. The van der Waals surface area contributed by atoms with Crippen LogP contribution < -0.4 is 10.1 Å². The van der Waals surface area contributed by atoms with Gasteiger partial charge in [-0.05, 0) is 36.2 Å². The first-order chi connectivity index (χ1) is 5.86. The Morgan fingerprint density at radius 2 is 2.00 bits per heavy atom. The Morgan fingerprint density at radius 3 is 2.50 bits per heavy atom. The van der Waals surface area contributed by atoms with E-state index in [9.17, 15) is 0 Å². The second kappa shape index (κ2) is 4.54. The number of hydrogen-bond acceptors (Lipinski definition) is 1. The molecule has 2 heteroatoms. The number of nitrogens with zero attached hydrogens (tertiary/aromatic N) is 1. The van der Waals surface area contributed by atoms with Crippen LogP contribution in [0.4, 0.5) is 0 Å². The van der Waals surface area contributed by atoms with Crippen LogP contribution >= 0.6 is 0 Å². The van der Waals surface area contributed by atoms with Gasteiger partial charge < -0.3 is 4.74 Å². The molecule has 0 aliphatic rings. The minimum absolute atomic E-state index is 0.738. The first-order valence-corrected chi connectivity index (χ1v) is 4.07. The second-order valence-electron chi connectivity index (χ2n) is 2.55. The molecule has 0 atom stereocenters. The average molecular weight is 162 g/mol. The summed E-state index contributed by atoms with van der Waals surface area (Å²) in [6.07, 6.45) is 2.08. The predicted molar refractivity (Wildman–Crippen MR) is 49.5 cm³/mol. The molecule has 0 aliphatic carbocycles. The van der Waals surface area contributed by atoms with Gasteiger partial charge in [0, 0.05) is 0 Å². The van der Waals surface area contributed by atoms with E-state index >= 15 is 0 Å². The first-order valence-electron chi connectivity index (χ1n) is 4.07. The minimum atomic E-state index is 0.738. The zero-order valence-corrected chi connectivity index (χ0v) is 7.16. The maximum atomic E-state index is 8.64. The number of benzene rings is 1. The fourth-order valence-electron chi connectivity index (χ4n) is 0.870. The molecule has 0 bridgehead atoms. The molecule has 1 aromatic carbocycles. The van der Waals surface area contributed by atoms with Crippen LogP contribution in [0, 0.1) is 0 Å². The van der Waals surface area contributed by atoms with E-state index in [2.05, 4.69) is 6.92 Å². The third kappa shape index (κ3) is 2.38. The van der Waals surface area contributed by atoms with Gasteiger partial charge in [-0.15, -0.1) is 0 Å². The summed E-state index contributed by atoms with van der Waals surface area (Å²) in [5.74, 6) is 0.849. The maximum Gasteiger partial charge on any atom is 0.119 e. The van der Waals surface area contributed by atoms with Gasteiger partial charge >= 0.3 is 0 Å². The molecule has 0 saturated carbocycles. The van der Waals surface area contributed by atoms with Crippen molar-refractivity contribution in [3.05, 3.63) is 29.8 Å². The van der Waals surface area contributed by atoms with Crippen LogP contribution in [0.5, 0.6) is 5.75 Å². The van der Waals surface area contributed by atoms with E-state index in [1.165, 1.54) is 0 Å². The fourth-order valence-corrected chi connectivity index (χ4v) is 0.870. The molecule has 0 fully saturated rings. The lowest BCUT2D eigenvalue weighted by Gasteiger charge is -2.03. The largest absolute Gasteiger partial charge is 0.494 e. The highest BCUT2D eigenvalue weighted by atomic mass is 16.5. The van der Waals surface area contributed by atoms with E-state index in [1.54, 1.807) is 0 Å². The van der Waals surface area contributed by atoms with Crippen LogP contribution in [-0.2, 0) is 0 Å². The van der Waals surface area contributed by atoms with Crippen LogP contribution in [0.15, 0.2) is 24.3 Å². The molecule has 1 radical (unpaired) electrons. The standard InChI is InChI=1S/C10H12NO/c1-2-7-12-10-5-3-9(8-11)4-6-10/h3-6,8H,2,7H2,1H3. The zero-order chi connectivity index (χ0) is 8.81. The minimum Gasteiger partial charge on any atom is -0.494 e. The summed E-state index contributed by atoms with van der Waals surface area (Å²) in [5, 5.41) is 8.64. The van der Waals surface area contributed by atoms with Crippen molar-refractivity contribution >= 4 is 6.21 Å². The monoisotopic (exact) mass is 162 g/mol. The molecule has 12 heavy (non-hydrogen) atoms. The fraction of sp³-hybridized carbons (Fsp3) is 0.300. The van der Waals surface area contributed by atoms with Crippen molar-refractivity contribution in [2.45, 2.75) is 13.3 Å². The van der Waals surface area contributed by atoms with Crippen LogP contribution in [0.2, 0.25) is 0 Å². The summed E-state index contributed by atoms with van der Waals surface area (Å²) < 4.78 is 5.36. The van der Waals surface area contributed by atoms with Gasteiger partial charge in [-0.1, -0.05) is 6.92 Å². The number of ether oxygens (including phenoxy) is 1. The molecule has 2 nitrogen and oxygen atoms in total. The van der Waals surface area contributed by atoms with Gasteiger partial charge in [-0.3, -0.25) is 0 Å². The van der Waals surface area contributed by atoms with E-state index in [0.717, 1.165) is 30.6 Å². The second-order valence-corrected chi connectivity index (χ2v) is 2.55. The van der Waals surface area contributed by atoms with Gasteiger partial charge in [-0.25, -0.2) is 0 Å². The third-order valence-corrected chi connectivity index (χ3v) is 1.50. The van der Waals surface area contributed by atoms with E-state index in [0.29, 0.717) is 0 Å². The lowest BCUT2D eigenvalue weighted by molar-refractivity contribution is 0.317. The summed E-state index contributed by atoms with van der Waals surface area (Å²) in [4.78, 5) is 0. The molecule has 0 spiro atoms. The molecular formula is C10H12NO. The van der Waals surface area contributed by atoms with Gasteiger partial charge in [0.2, 0.25) is 0 Å². The molecule has 63 valence electrons. The van der Waals surface area contributed by atoms with Crippen molar-refractivity contribution in [3.63, 3.8) is 0 Å². The highest BCUT2D eigenvalue weighted by molar-refractivity contribution is 5.77. The molecule has 1 rings (SSSR count). The van der Waals surface area contributed by atoms with Crippen molar-refractivity contribution in [2.75, 3.05) is 6.61 Å². The molecule has 0 aromatic heterocycles. The molecule has 0 aliphatic heterocycles. The summed E-state index contributed by atoms with van der Waals surface area (Å²) in [6, 6.07) is 7.31. The summed E-state index contributed by atoms with van der Waals surface area (Å²) in [6.45, 7) is 2.80. The third-order valence-electron chi connectivity index (χ3n) is 1.50. The number of rotatable bonds is 4. The Labute approximate surface area is 72.7 Å². The van der Waals surface area contributed by atoms with Crippen molar-refractivity contribution in [1.82, 2.24) is 5.41 Å². The lowest BCUT2D eigenvalue weighted by Crippen LogP contribution is -1.94. The van der Waals surface area contributed by atoms with Gasteiger partial charge in [0.15, 0.2) is 0 Å². The maximum absolute atomic E-state index is 8.64. The van der Waals surface area contributed by atoms with E-state index in [-0.39, 0.29) is 0 Å². The summed E-state index contributed by atoms with van der Waals surface area (Å²) >= 11 is 0. The molecule has 0 N–H and O–H groups in total. The van der Waals surface area contributed by atoms with Crippen LogP contribution in [0.25, 0.3) is 0 Å². The quantitative estimate of drug-likeness (QED) is 0.620. The Balaban J connectivity index is 2.58. The smallest absolute Gasteiger partial charge is 0.119 e. The van der Waals surface area contributed by atoms with Crippen LogP contribution in [0.3, 0.4) is 0 Å². The summed E-state index contributed by atoms with van der Waals surface area (Å²) in [5.41, 5.74) is 0.791. The van der Waals surface area contributed by atoms with E-state index in [4.69, 9.17) is 10.1 Å². The highest BCUT2D eigenvalue weighted by Crippen LogP contribution is 2.10. The Morgan fingerprint density at radius 1 is 1.33 bits per heavy atom. The SMILES string of the molecule is CCCOc1ccc(C=[N])cc1. The highest BCUT2D eigenvalue weighted by Gasteiger charge is 1.91. The van der Waals surface area contributed by atoms with Gasteiger partial charge in [0.25, 0.3) is 0 Å². The zero-order valence-electron chi connectivity index (χ0n) is 7.16. The topological polar surface area (TPSA) is 31.5 Å². The normalized spacial score (nSPS) is 9.42.